The van der Waals surface area contributed by atoms with Crippen LogP contribution in [0.4, 0.5) is 11.5 Å². The molecule has 0 aliphatic carbocycles. The molecule has 0 N–H and O–H groups in total. The van der Waals surface area contributed by atoms with Crippen LogP contribution in [0, 0.1) is 0 Å². The fourth-order valence-corrected chi connectivity index (χ4v) is 6.49. The highest BCUT2D eigenvalue weighted by Gasteiger charge is 2.46. The molecule has 2 fully saturated rings. The van der Waals surface area contributed by atoms with Crippen LogP contribution in [0.3, 0.4) is 0 Å². The number of hydrogen-bond donors (Lipinski definition) is 0. The van der Waals surface area contributed by atoms with E-state index in [1.165, 1.54) is 15.7 Å². The second-order valence-corrected chi connectivity index (χ2v) is 12.8. The molecule has 1 unspecified atom stereocenters. The van der Waals surface area contributed by atoms with Gasteiger partial charge in [-0.25, -0.2) is 28.7 Å². The van der Waals surface area contributed by atoms with Crippen molar-refractivity contribution < 1.29 is 14.2 Å². The molecule has 0 amide bonds. The first-order valence-corrected chi connectivity index (χ1v) is 16.8. The van der Waals surface area contributed by atoms with Crippen LogP contribution in [-0.2, 0) is 21.8 Å². The largest absolute Gasteiger partial charge is 0.474 e. The molecular formula is C32H35Cl2N11O4. The minimum Gasteiger partial charge on any atom is -0.474 e. The van der Waals surface area contributed by atoms with Crippen molar-refractivity contribution in [2.45, 2.75) is 44.7 Å². The predicted octanol–water partition coefficient (Wildman–Crippen LogP) is 3.76. The molecule has 0 spiro atoms. The van der Waals surface area contributed by atoms with Crippen molar-refractivity contribution in [2.24, 2.45) is 0 Å². The van der Waals surface area contributed by atoms with E-state index in [4.69, 9.17) is 37.4 Å². The average molecular weight is 709 g/mol. The van der Waals surface area contributed by atoms with Crippen molar-refractivity contribution in [3.63, 3.8) is 0 Å². The molecule has 17 heteroatoms. The van der Waals surface area contributed by atoms with Gasteiger partial charge in [-0.3, -0.25) is 0 Å². The van der Waals surface area contributed by atoms with Crippen molar-refractivity contribution in [3.05, 3.63) is 93.6 Å². The molecule has 0 radical (unpaired) electrons. The summed E-state index contributed by atoms with van der Waals surface area (Å²) >= 11 is 12.7. The Labute approximate surface area is 291 Å². The normalized spacial score (nSPS) is 20.1. The molecule has 3 atom stereocenters. The van der Waals surface area contributed by atoms with Crippen LogP contribution in [0.1, 0.15) is 31.9 Å². The van der Waals surface area contributed by atoms with Crippen molar-refractivity contribution in [1.29, 1.82) is 0 Å². The number of halogens is 2. The van der Waals surface area contributed by atoms with E-state index in [0.717, 1.165) is 49.8 Å². The van der Waals surface area contributed by atoms with E-state index in [1.54, 1.807) is 41.5 Å². The van der Waals surface area contributed by atoms with Gasteiger partial charge in [-0.2, -0.15) is 5.10 Å². The lowest BCUT2D eigenvalue weighted by atomic mass is 10.1. The molecule has 15 nitrogen and oxygen atoms in total. The molecule has 256 valence electrons. The number of tetrazole rings is 1. The Morgan fingerprint density at radius 1 is 1.00 bits per heavy atom. The van der Waals surface area contributed by atoms with Crippen LogP contribution in [-0.4, -0.2) is 90.0 Å². The summed E-state index contributed by atoms with van der Waals surface area (Å²) in [5.74, 6) is -0.0811. The third-order valence-electron chi connectivity index (χ3n) is 8.79. The minimum absolute atomic E-state index is 0.0533. The van der Waals surface area contributed by atoms with Gasteiger partial charge in [0.1, 0.15) is 37.7 Å². The Morgan fingerprint density at radius 3 is 2.47 bits per heavy atom. The maximum atomic E-state index is 12.8. The molecule has 2 aliphatic rings. The van der Waals surface area contributed by atoms with Crippen LogP contribution in [0.15, 0.2) is 72.3 Å². The van der Waals surface area contributed by atoms with Crippen molar-refractivity contribution >= 4 is 34.7 Å². The molecule has 7 rings (SSSR count). The number of aromatic nitrogens is 9. The number of piperazine rings is 1. The molecule has 49 heavy (non-hydrogen) atoms. The van der Waals surface area contributed by atoms with E-state index in [9.17, 15) is 4.79 Å². The molecule has 2 aromatic carbocycles. The Morgan fingerprint density at radius 2 is 1.78 bits per heavy atom. The fourth-order valence-electron chi connectivity index (χ4n) is 5.93. The van der Waals surface area contributed by atoms with E-state index >= 15 is 0 Å². The zero-order valence-electron chi connectivity index (χ0n) is 27.0. The molecular weight excluding hydrogens is 673 g/mol. The topological polar surface area (TPSA) is 143 Å². The van der Waals surface area contributed by atoms with Crippen molar-refractivity contribution in [3.8, 4) is 11.6 Å². The molecule has 3 aromatic heterocycles. The van der Waals surface area contributed by atoms with E-state index < -0.39 is 11.9 Å². The minimum atomic E-state index is -1.23. The average Bonchev–Trinajstić information content (AvgIpc) is 3.88. The molecule has 0 saturated carbocycles. The van der Waals surface area contributed by atoms with Crippen LogP contribution in [0.25, 0.3) is 5.69 Å². The summed E-state index contributed by atoms with van der Waals surface area (Å²) < 4.78 is 23.2. The van der Waals surface area contributed by atoms with Gasteiger partial charge in [-0.05, 0) is 60.2 Å². The second kappa shape index (κ2) is 14.1. The number of benzene rings is 2. The van der Waals surface area contributed by atoms with Crippen LogP contribution in [0.5, 0.6) is 5.88 Å². The molecule has 5 heterocycles. The summed E-state index contributed by atoms with van der Waals surface area (Å²) in [4.78, 5) is 26.4. The Bertz CT molecular complexity index is 1910. The zero-order valence-corrected chi connectivity index (χ0v) is 28.5. The number of nitrogens with zero attached hydrogens (tertiary/aromatic N) is 11. The third kappa shape index (κ3) is 6.97. The first kappa shape index (κ1) is 33.0. The summed E-state index contributed by atoms with van der Waals surface area (Å²) in [5, 5.41) is 16.6. The highest BCUT2D eigenvalue weighted by atomic mass is 35.5. The van der Waals surface area contributed by atoms with Gasteiger partial charge in [0.25, 0.3) is 0 Å². The van der Waals surface area contributed by atoms with Crippen LogP contribution < -0.4 is 20.2 Å². The van der Waals surface area contributed by atoms with Gasteiger partial charge in [0.15, 0.2) is 0 Å². The van der Waals surface area contributed by atoms with Gasteiger partial charge in [-0.1, -0.05) is 36.2 Å². The summed E-state index contributed by atoms with van der Waals surface area (Å²) in [6, 6.07) is 13.2. The summed E-state index contributed by atoms with van der Waals surface area (Å²) in [5.41, 5.74) is 2.37. The monoisotopic (exact) mass is 707 g/mol. The van der Waals surface area contributed by atoms with Crippen molar-refractivity contribution in [1.82, 2.24) is 44.5 Å². The van der Waals surface area contributed by atoms with Gasteiger partial charge in [0.2, 0.25) is 11.7 Å². The maximum Gasteiger partial charge on any atom is 0.350 e. The second-order valence-electron chi connectivity index (χ2n) is 11.9. The lowest BCUT2D eigenvalue weighted by Gasteiger charge is -2.36. The number of ether oxygens (including phenoxy) is 3. The van der Waals surface area contributed by atoms with E-state index in [0.29, 0.717) is 21.5 Å². The van der Waals surface area contributed by atoms with Crippen LogP contribution >= 0.6 is 23.2 Å². The van der Waals surface area contributed by atoms with Gasteiger partial charge in [0, 0.05) is 42.5 Å². The number of hydrogen-bond acceptors (Lipinski definition) is 12. The SMILES string of the molecule is CCC(C)n1ncn(-c2ccc(N3CCN(c4cnc(OC[C@@H]5CO[C@@](Cn6cnnn6)(c6ccc(Cl)cc6Cl)O5)cn4)CC3)cc2)c1=O. The van der Waals surface area contributed by atoms with E-state index in [1.807, 2.05) is 38.1 Å². The number of rotatable bonds is 11. The molecule has 2 aliphatic heterocycles. The summed E-state index contributed by atoms with van der Waals surface area (Å²) in [6.07, 6.45) is 6.82. The maximum absolute atomic E-state index is 12.8. The number of anilines is 2. The Kier molecular flexibility index (Phi) is 9.49. The smallest absolute Gasteiger partial charge is 0.350 e. The van der Waals surface area contributed by atoms with Crippen LogP contribution in [0.2, 0.25) is 10.0 Å². The third-order valence-corrected chi connectivity index (χ3v) is 9.34. The molecule has 5 aromatic rings. The first-order valence-electron chi connectivity index (χ1n) is 16.0. The van der Waals surface area contributed by atoms with E-state index in [-0.39, 0.29) is 31.5 Å². The zero-order chi connectivity index (χ0) is 34.0. The molecule has 0 bridgehead atoms. The first-order chi connectivity index (χ1) is 23.8. The summed E-state index contributed by atoms with van der Waals surface area (Å²) in [6.45, 7) is 7.83. The Balaban J connectivity index is 0.925. The predicted molar refractivity (Wildman–Crippen MR) is 182 cm³/mol. The quantitative estimate of drug-likeness (QED) is 0.197. The Hall–Kier alpha value is -4.57. The van der Waals surface area contributed by atoms with Gasteiger partial charge >= 0.3 is 5.69 Å². The van der Waals surface area contributed by atoms with Crippen molar-refractivity contribution in [2.75, 3.05) is 49.2 Å². The highest BCUT2D eigenvalue weighted by Crippen LogP contribution is 2.40. The van der Waals surface area contributed by atoms with Gasteiger partial charge in [0.05, 0.1) is 35.8 Å². The van der Waals surface area contributed by atoms with Gasteiger partial charge < -0.3 is 24.0 Å². The lowest BCUT2D eigenvalue weighted by molar-refractivity contribution is -0.191. The fraction of sp³-hybridized carbons (Fsp3) is 0.406. The molecule has 2 saturated heterocycles. The summed E-state index contributed by atoms with van der Waals surface area (Å²) in [7, 11) is 0. The standard InChI is InChI=1S/C32H35Cl2N11O4/c1-3-22(2)45-31(46)44(21-38-45)25-7-5-24(6-8-25)41-10-12-42(13-11-41)29-15-36-30(16-35-29)47-17-26-18-48-32(49-26,19-43-20-37-39-40-43)27-9-4-23(33)14-28(27)34/h4-9,14-16,20-22,26H,3,10-13,17-19H2,1-2H3/t22?,26-,32-/m1/s1. The van der Waals surface area contributed by atoms with E-state index in [2.05, 4.69) is 40.4 Å². The highest BCUT2D eigenvalue weighted by molar-refractivity contribution is 6.35. The van der Waals surface area contributed by atoms with Gasteiger partial charge in [-0.15, -0.1) is 5.10 Å². The lowest BCUT2D eigenvalue weighted by Crippen LogP contribution is -2.46.